The molecular formula is C14H14F3N3O. The van der Waals surface area contributed by atoms with Crippen LogP contribution in [0.15, 0.2) is 23.4 Å². The number of alkyl halides is 3. The van der Waals surface area contributed by atoms with Crippen molar-refractivity contribution in [2.75, 3.05) is 0 Å². The first-order valence-electron chi connectivity index (χ1n) is 6.51. The van der Waals surface area contributed by atoms with Crippen molar-refractivity contribution >= 4 is 0 Å². The molecule has 0 radical (unpaired) electrons. The van der Waals surface area contributed by atoms with Crippen LogP contribution in [0, 0.1) is 0 Å². The SMILES string of the molecule is CCc1[nH]c(=O)c(C(F)(F)F)c(CC)c1-c1cnccn1. The first kappa shape index (κ1) is 15.2. The van der Waals surface area contributed by atoms with Crippen LogP contribution in [0.25, 0.3) is 11.3 Å². The van der Waals surface area contributed by atoms with Crippen LogP contribution in [-0.2, 0) is 19.0 Å². The lowest BCUT2D eigenvalue weighted by Crippen LogP contribution is -2.26. The Morgan fingerprint density at radius 3 is 2.38 bits per heavy atom. The molecule has 0 saturated heterocycles. The Labute approximate surface area is 119 Å². The lowest BCUT2D eigenvalue weighted by atomic mass is 9.95. The van der Waals surface area contributed by atoms with Gasteiger partial charge < -0.3 is 4.98 Å². The normalized spacial score (nSPS) is 11.7. The lowest BCUT2D eigenvalue weighted by molar-refractivity contribution is -0.139. The molecule has 0 fully saturated rings. The molecule has 0 saturated carbocycles. The van der Waals surface area contributed by atoms with Crippen molar-refractivity contribution in [2.45, 2.75) is 32.9 Å². The van der Waals surface area contributed by atoms with Gasteiger partial charge in [0.05, 0.1) is 11.9 Å². The summed E-state index contributed by atoms with van der Waals surface area (Å²) < 4.78 is 39.5. The number of nitrogens with zero attached hydrogens (tertiary/aromatic N) is 2. The Morgan fingerprint density at radius 1 is 1.19 bits per heavy atom. The summed E-state index contributed by atoms with van der Waals surface area (Å²) in [6, 6.07) is 0. The molecule has 0 unspecified atom stereocenters. The summed E-state index contributed by atoms with van der Waals surface area (Å²) in [5, 5.41) is 0. The van der Waals surface area contributed by atoms with E-state index in [1.165, 1.54) is 18.6 Å². The highest BCUT2D eigenvalue weighted by molar-refractivity contribution is 5.67. The van der Waals surface area contributed by atoms with Gasteiger partial charge in [0.1, 0.15) is 5.56 Å². The molecule has 0 aliphatic heterocycles. The molecule has 1 N–H and O–H groups in total. The van der Waals surface area contributed by atoms with E-state index in [1.54, 1.807) is 13.8 Å². The van der Waals surface area contributed by atoms with Crippen molar-refractivity contribution in [1.82, 2.24) is 15.0 Å². The molecule has 0 atom stereocenters. The summed E-state index contributed by atoms with van der Waals surface area (Å²) in [4.78, 5) is 22.1. The minimum absolute atomic E-state index is 0.0383. The van der Waals surface area contributed by atoms with Crippen molar-refractivity contribution in [3.63, 3.8) is 0 Å². The van der Waals surface area contributed by atoms with Crippen LogP contribution < -0.4 is 5.56 Å². The molecule has 21 heavy (non-hydrogen) atoms. The fraction of sp³-hybridized carbons (Fsp3) is 0.357. The van der Waals surface area contributed by atoms with Crippen molar-refractivity contribution in [3.05, 3.63) is 45.8 Å². The number of aromatic amines is 1. The standard InChI is InChI=1S/C14H14F3N3O/c1-3-8-11(10-7-18-5-6-19-10)9(4-2)20-13(21)12(8)14(15,16)17/h5-7H,3-4H2,1-2H3,(H,20,21). The fourth-order valence-corrected chi connectivity index (χ4v) is 2.36. The number of nitrogens with one attached hydrogen (secondary N) is 1. The molecule has 2 rings (SSSR count). The van der Waals surface area contributed by atoms with E-state index in [1.807, 2.05) is 0 Å². The van der Waals surface area contributed by atoms with Gasteiger partial charge in [-0.15, -0.1) is 0 Å². The first-order chi connectivity index (χ1) is 9.90. The minimum atomic E-state index is -4.71. The molecule has 0 aliphatic rings. The van der Waals surface area contributed by atoms with E-state index in [0.29, 0.717) is 23.4 Å². The average molecular weight is 297 g/mol. The number of hydrogen-bond acceptors (Lipinski definition) is 3. The van der Waals surface area contributed by atoms with Gasteiger partial charge >= 0.3 is 6.18 Å². The van der Waals surface area contributed by atoms with E-state index < -0.39 is 17.3 Å². The molecule has 0 amide bonds. The molecule has 7 heteroatoms. The summed E-state index contributed by atoms with van der Waals surface area (Å²) in [7, 11) is 0. The molecule has 112 valence electrons. The van der Waals surface area contributed by atoms with Gasteiger partial charge in [0.2, 0.25) is 0 Å². The first-order valence-corrected chi connectivity index (χ1v) is 6.51. The highest BCUT2D eigenvalue weighted by Gasteiger charge is 2.38. The second-order valence-corrected chi connectivity index (χ2v) is 4.46. The Morgan fingerprint density at radius 2 is 1.90 bits per heavy atom. The maximum atomic E-state index is 13.2. The van der Waals surface area contributed by atoms with Crippen molar-refractivity contribution in [3.8, 4) is 11.3 Å². The maximum Gasteiger partial charge on any atom is 0.421 e. The molecule has 2 aromatic heterocycles. The molecule has 2 heterocycles. The Hall–Kier alpha value is -2.18. The van der Waals surface area contributed by atoms with Gasteiger partial charge in [-0.25, -0.2) is 0 Å². The highest BCUT2D eigenvalue weighted by atomic mass is 19.4. The highest BCUT2D eigenvalue weighted by Crippen LogP contribution is 2.35. The third kappa shape index (κ3) is 2.81. The smallest absolute Gasteiger partial charge is 0.325 e. The van der Waals surface area contributed by atoms with Crippen LogP contribution >= 0.6 is 0 Å². The van der Waals surface area contributed by atoms with Crippen LogP contribution in [-0.4, -0.2) is 15.0 Å². The molecule has 4 nitrogen and oxygen atoms in total. The monoisotopic (exact) mass is 297 g/mol. The number of halogens is 3. The van der Waals surface area contributed by atoms with Crippen molar-refractivity contribution < 1.29 is 13.2 Å². The molecule has 0 bridgehead atoms. The van der Waals surface area contributed by atoms with Crippen LogP contribution in [0.4, 0.5) is 13.2 Å². The lowest BCUT2D eigenvalue weighted by Gasteiger charge is -2.17. The molecule has 0 aliphatic carbocycles. The van der Waals surface area contributed by atoms with Crippen molar-refractivity contribution in [1.29, 1.82) is 0 Å². The van der Waals surface area contributed by atoms with E-state index in [2.05, 4.69) is 15.0 Å². The van der Waals surface area contributed by atoms with E-state index in [4.69, 9.17) is 0 Å². The Bertz CT molecular complexity index is 693. The van der Waals surface area contributed by atoms with Crippen molar-refractivity contribution in [2.24, 2.45) is 0 Å². The summed E-state index contributed by atoms with van der Waals surface area (Å²) in [5.74, 6) is 0. The van der Waals surface area contributed by atoms with Crippen LogP contribution in [0.5, 0.6) is 0 Å². The van der Waals surface area contributed by atoms with E-state index in [0.717, 1.165) is 0 Å². The quantitative estimate of drug-likeness (QED) is 0.947. The zero-order valence-corrected chi connectivity index (χ0v) is 11.6. The Kier molecular flexibility index (Phi) is 4.11. The minimum Gasteiger partial charge on any atom is -0.325 e. The molecule has 2 aromatic rings. The zero-order valence-electron chi connectivity index (χ0n) is 11.6. The van der Waals surface area contributed by atoms with Gasteiger partial charge in [0.15, 0.2) is 0 Å². The second kappa shape index (κ2) is 5.67. The summed E-state index contributed by atoms with van der Waals surface area (Å²) in [6.07, 6.45) is 0.0158. The van der Waals surface area contributed by atoms with Gasteiger partial charge in [-0.05, 0) is 18.4 Å². The molecular weight excluding hydrogens is 283 g/mol. The number of hydrogen-bond donors (Lipinski definition) is 1. The second-order valence-electron chi connectivity index (χ2n) is 4.46. The van der Waals surface area contributed by atoms with Gasteiger partial charge in [-0.3, -0.25) is 14.8 Å². The molecule has 0 aromatic carbocycles. The summed E-state index contributed by atoms with van der Waals surface area (Å²) in [6.45, 7) is 3.35. The van der Waals surface area contributed by atoms with Gasteiger partial charge in [-0.1, -0.05) is 13.8 Å². The number of H-pyrrole nitrogens is 1. The predicted molar refractivity (Wildman–Crippen MR) is 71.8 cm³/mol. The average Bonchev–Trinajstić information content (AvgIpc) is 2.45. The van der Waals surface area contributed by atoms with E-state index in [9.17, 15) is 18.0 Å². The topological polar surface area (TPSA) is 58.6 Å². The van der Waals surface area contributed by atoms with Gasteiger partial charge in [-0.2, -0.15) is 13.2 Å². The molecule has 0 spiro atoms. The maximum absolute atomic E-state index is 13.2. The Balaban J connectivity index is 2.88. The fourth-order valence-electron chi connectivity index (χ4n) is 2.36. The van der Waals surface area contributed by atoms with Crippen LogP contribution in [0.3, 0.4) is 0 Å². The number of rotatable bonds is 3. The van der Waals surface area contributed by atoms with Gasteiger partial charge in [0.25, 0.3) is 5.56 Å². The van der Waals surface area contributed by atoms with E-state index >= 15 is 0 Å². The predicted octanol–water partition coefficient (Wildman–Crippen LogP) is 2.98. The summed E-state index contributed by atoms with van der Waals surface area (Å²) in [5.41, 5.74) is -1.21. The summed E-state index contributed by atoms with van der Waals surface area (Å²) >= 11 is 0. The largest absolute Gasteiger partial charge is 0.421 e. The van der Waals surface area contributed by atoms with Crippen LogP contribution in [0.1, 0.15) is 30.7 Å². The van der Waals surface area contributed by atoms with Crippen LogP contribution in [0.2, 0.25) is 0 Å². The third-order valence-electron chi connectivity index (χ3n) is 3.21. The number of aryl methyl sites for hydroxylation is 1. The van der Waals surface area contributed by atoms with Gasteiger partial charge in [0, 0.05) is 23.7 Å². The van der Waals surface area contributed by atoms with E-state index in [-0.39, 0.29) is 12.0 Å². The number of pyridine rings is 1. The zero-order chi connectivity index (χ0) is 15.6. The third-order valence-corrected chi connectivity index (χ3v) is 3.21. The number of aromatic nitrogens is 3.